The molecule has 0 saturated carbocycles. The Kier molecular flexibility index (Phi) is 5.00. The molecule has 0 spiro atoms. The quantitative estimate of drug-likeness (QED) is 0.663. The van der Waals surface area contributed by atoms with Crippen LogP contribution in [-0.4, -0.2) is 34.1 Å². The molecule has 6 nitrogen and oxygen atoms in total. The number of phenols is 1. The molecule has 0 aliphatic rings. The van der Waals surface area contributed by atoms with Gasteiger partial charge in [-0.25, -0.2) is 4.98 Å². The highest BCUT2D eigenvalue weighted by molar-refractivity contribution is 5.77. The maximum Gasteiger partial charge on any atom is 0.257 e. The molecular weight excluding hydrogens is 258 g/mol. The van der Waals surface area contributed by atoms with E-state index in [1.54, 1.807) is 30.6 Å². The van der Waals surface area contributed by atoms with Crippen LogP contribution in [0.5, 0.6) is 11.5 Å². The van der Waals surface area contributed by atoms with Gasteiger partial charge in [-0.3, -0.25) is 4.79 Å². The van der Waals surface area contributed by atoms with Gasteiger partial charge in [-0.2, -0.15) is 0 Å². The Morgan fingerprint density at radius 2 is 2.25 bits per heavy atom. The summed E-state index contributed by atoms with van der Waals surface area (Å²) in [5.41, 5.74) is 0. The van der Waals surface area contributed by atoms with E-state index in [2.05, 4.69) is 15.3 Å². The molecule has 0 radical (unpaired) electrons. The monoisotopic (exact) mass is 275 g/mol. The number of aromatic hydroxyl groups is 1. The van der Waals surface area contributed by atoms with Crippen molar-refractivity contribution in [1.82, 2.24) is 15.3 Å². The molecule has 0 fully saturated rings. The summed E-state index contributed by atoms with van der Waals surface area (Å²) < 4.78 is 5.22. The molecule has 0 aliphatic heterocycles. The number of imidazole rings is 1. The first-order valence-corrected chi connectivity index (χ1v) is 6.41. The van der Waals surface area contributed by atoms with Gasteiger partial charge in [0.1, 0.15) is 5.82 Å². The number of aromatic amines is 1. The molecule has 3 N–H and O–H groups in total. The Bertz CT molecular complexity index is 540. The lowest BCUT2D eigenvalue weighted by Crippen LogP contribution is -2.29. The molecule has 20 heavy (non-hydrogen) atoms. The Balaban J connectivity index is 1.62. The van der Waals surface area contributed by atoms with Crippen molar-refractivity contribution in [2.75, 3.05) is 13.2 Å². The number of carbonyl (C=O) groups excluding carboxylic acids is 1. The van der Waals surface area contributed by atoms with Crippen molar-refractivity contribution in [3.8, 4) is 11.5 Å². The fourth-order valence-electron chi connectivity index (χ4n) is 1.69. The van der Waals surface area contributed by atoms with Crippen LogP contribution in [-0.2, 0) is 11.2 Å². The number of amides is 1. The van der Waals surface area contributed by atoms with Crippen molar-refractivity contribution in [2.45, 2.75) is 12.8 Å². The van der Waals surface area contributed by atoms with Crippen molar-refractivity contribution in [2.24, 2.45) is 0 Å². The molecule has 0 unspecified atom stereocenters. The summed E-state index contributed by atoms with van der Waals surface area (Å²) in [6, 6.07) is 6.54. The zero-order valence-electron chi connectivity index (χ0n) is 11.0. The van der Waals surface area contributed by atoms with Crippen molar-refractivity contribution >= 4 is 5.91 Å². The summed E-state index contributed by atoms with van der Waals surface area (Å²) in [5.74, 6) is 1.02. The molecule has 1 heterocycles. The normalized spacial score (nSPS) is 10.2. The summed E-state index contributed by atoms with van der Waals surface area (Å²) in [6.45, 7) is 0.446. The zero-order valence-corrected chi connectivity index (χ0v) is 11.0. The first-order valence-electron chi connectivity index (χ1n) is 6.41. The van der Waals surface area contributed by atoms with Crippen LogP contribution in [0.2, 0.25) is 0 Å². The van der Waals surface area contributed by atoms with Gasteiger partial charge in [-0.1, -0.05) is 12.1 Å². The van der Waals surface area contributed by atoms with E-state index in [0.717, 1.165) is 18.7 Å². The Morgan fingerprint density at radius 3 is 3.00 bits per heavy atom. The van der Waals surface area contributed by atoms with E-state index in [0.29, 0.717) is 12.3 Å². The molecule has 1 amide bonds. The van der Waals surface area contributed by atoms with E-state index in [4.69, 9.17) is 4.74 Å². The largest absolute Gasteiger partial charge is 0.504 e. The SMILES string of the molecule is O=C(COc1ccccc1O)NCCCc1ncc[nH]1. The minimum atomic E-state index is -0.215. The minimum absolute atomic E-state index is 0.0260. The molecule has 0 saturated heterocycles. The molecule has 2 rings (SSSR count). The van der Waals surface area contributed by atoms with Crippen LogP contribution in [0.1, 0.15) is 12.2 Å². The Morgan fingerprint density at radius 1 is 1.40 bits per heavy atom. The zero-order chi connectivity index (χ0) is 14.2. The number of benzene rings is 1. The van der Waals surface area contributed by atoms with Crippen LogP contribution in [0.25, 0.3) is 0 Å². The summed E-state index contributed by atoms with van der Waals surface area (Å²) in [4.78, 5) is 18.6. The summed E-state index contributed by atoms with van der Waals surface area (Å²) in [7, 11) is 0. The third-order valence-electron chi connectivity index (χ3n) is 2.69. The predicted octanol–water partition coefficient (Wildman–Crippen LogP) is 1.24. The van der Waals surface area contributed by atoms with Crippen LogP contribution in [0.3, 0.4) is 0 Å². The number of carbonyl (C=O) groups is 1. The summed E-state index contributed by atoms with van der Waals surface area (Å²) >= 11 is 0. The Labute approximate surface area is 116 Å². The van der Waals surface area contributed by atoms with Crippen LogP contribution in [0, 0.1) is 0 Å². The Hall–Kier alpha value is -2.50. The average molecular weight is 275 g/mol. The number of aryl methyl sites for hydroxylation is 1. The average Bonchev–Trinajstić information content (AvgIpc) is 2.96. The molecule has 1 aromatic carbocycles. The number of para-hydroxylation sites is 2. The van der Waals surface area contributed by atoms with Crippen LogP contribution in [0.15, 0.2) is 36.7 Å². The van der Waals surface area contributed by atoms with Gasteiger partial charge in [-0.05, 0) is 18.6 Å². The van der Waals surface area contributed by atoms with E-state index in [1.807, 2.05) is 0 Å². The summed E-state index contributed by atoms with van der Waals surface area (Å²) in [5, 5.41) is 12.2. The second-order valence-electron chi connectivity index (χ2n) is 4.25. The predicted molar refractivity (Wildman–Crippen MR) is 73.5 cm³/mol. The molecule has 6 heteroatoms. The van der Waals surface area contributed by atoms with E-state index in [-0.39, 0.29) is 18.3 Å². The fourth-order valence-corrected chi connectivity index (χ4v) is 1.69. The minimum Gasteiger partial charge on any atom is -0.504 e. The van der Waals surface area contributed by atoms with Gasteiger partial charge in [0.2, 0.25) is 0 Å². The number of hydrogen-bond donors (Lipinski definition) is 3. The molecular formula is C14H17N3O3. The number of ether oxygens (including phenoxy) is 1. The maximum atomic E-state index is 11.5. The second-order valence-corrected chi connectivity index (χ2v) is 4.25. The highest BCUT2D eigenvalue weighted by atomic mass is 16.5. The van der Waals surface area contributed by atoms with E-state index < -0.39 is 0 Å². The second kappa shape index (κ2) is 7.18. The third kappa shape index (κ3) is 4.31. The van der Waals surface area contributed by atoms with Crippen molar-refractivity contribution in [1.29, 1.82) is 0 Å². The van der Waals surface area contributed by atoms with Gasteiger partial charge < -0.3 is 20.1 Å². The van der Waals surface area contributed by atoms with Crippen molar-refractivity contribution in [3.05, 3.63) is 42.5 Å². The van der Waals surface area contributed by atoms with Crippen LogP contribution < -0.4 is 10.1 Å². The first kappa shape index (κ1) is 13.9. The van der Waals surface area contributed by atoms with Crippen LogP contribution >= 0.6 is 0 Å². The third-order valence-corrected chi connectivity index (χ3v) is 2.69. The van der Waals surface area contributed by atoms with E-state index >= 15 is 0 Å². The van der Waals surface area contributed by atoms with Gasteiger partial charge in [-0.15, -0.1) is 0 Å². The van der Waals surface area contributed by atoms with Gasteiger partial charge in [0.05, 0.1) is 0 Å². The van der Waals surface area contributed by atoms with Crippen molar-refractivity contribution in [3.63, 3.8) is 0 Å². The van der Waals surface area contributed by atoms with Crippen molar-refractivity contribution < 1.29 is 14.6 Å². The maximum absolute atomic E-state index is 11.5. The molecule has 1 aromatic heterocycles. The van der Waals surface area contributed by atoms with Gasteiger partial charge in [0.25, 0.3) is 5.91 Å². The standard InChI is InChI=1S/C14H17N3O3/c18-11-4-1-2-5-12(11)20-10-14(19)17-7-3-6-13-15-8-9-16-13/h1-2,4-5,8-9,18H,3,6-7,10H2,(H,15,16)(H,17,19). The smallest absolute Gasteiger partial charge is 0.257 e. The van der Waals surface area contributed by atoms with E-state index in [9.17, 15) is 9.90 Å². The number of nitrogens with zero attached hydrogens (tertiary/aromatic N) is 1. The topological polar surface area (TPSA) is 87.2 Å². The number of hydrogen-bond acceptors (Lipinski definition) is 4. The number of phenolic OH excluding ortho intramolecular Hbond substituents is 1. The van der Waals surface area contributed by atoms with Gasteiger partial charge >= 0.3 is 0 Å². The van der Waals surface area contributed by atoms with Gasteiger partial charge in [0.15, 0.2) is 18.1 Å². The number of rotatable bonds is 7. The number of H-pyrrole nitrogens is 1. The first-order chi connectivity index (χ1) is 9.75. The lowest BCUT2D eigenvalue weighted by atomic mass is 10.3. The lowest BCUT2D eigenvalue weighted by molar-refractivity contribution is -0.123. The molecule has 2 aromatic rings. The molecule has 0 atom stereocenters. The number of nitrogens with one attached hydrogen (secondary N) is 2. The van der Waals surface area contributed by atoms with Crippen LogP contribution in [0.4, 0.5) is 0 Å². The molecule has 0 aliphatic carbocycles. The summed E-state index contributed by atoms with van der Waals surface area (Å²) in [6.07, 6.45) is 5.06. The molecule has 0 bridgehead atoms. The van der Waals surface area contributed by atoms with E-state index in [1.165, 1.54) is 6.07 Å². The molecule has 106 valence electrons. The highest BCUT2D eigenvalue weighted by Gasteiger charge is 2.05. The lowest BCUT2D eigenvalue weighted by Gasteiger charge is -2.08. The van der Waals surface area contributed by atoms with Gasteiger partial charge in [0, 0.05) is 25.4 Å². The number of aromatic nitrogens is 2. The fraction of sp³-hybridized carbons (Fsp3) is 0.286. The highest BCUT2D eigenvalue weighted by Crippen LogP contribution is 2.23.